The topological polar surface area (TPSA) is 21.6 Å². The summed E-state index contributed by atoms with van der Waals surface area (Å²) in [6, 6.07) is 0. The molecule has 0 heterocycles. The van der Waals surface area contributed by atoms with Crippen molar-refractivity contribution in [3.63, 3.8) is 0 Å². The van der Waals surface area contributed by atoms with Gasteiger partial charge in [0, 0.05) is 5.33 Å². The van der Waals surface area contributed by atoms with Gasteiger partial charge in [-0.15, -0.1) is 0 Å². The summed E-state index contributed by atoms with van der Waals surface area (Å²) in [5.41, 5.74) is 0.852. The predicted octanol–water partition coefficient (Wildman–Crippen LogP) is 2.96. The number of rotatable bonds is 3. The van der Waals surface area contributed by atoms with Crippen LogP contribution in [0, 0.1) is 0 Å². The first-order chi connectivity index (χ1) is 4.95. The van der Waals surface area contributed by atoms with E-state index >= 15 is 0 Å². The zero-order chi connectivity index (χ0) is 8.91. The van der Waals surface area contributed by atoms with Gasteiger partial charge >= 0.3 is 0 Å². The monoisotopic (exact) mass is 221 g/mol. The van der Waals surface area contributed by atoms with Crippen LogP contribution in [-0.4, -0.2) is 16.6 Å². The van der Waals surface area contributed by atoms with Crippen LogP contribution in [0.15, 0.2) is 5.16 Å². The highest BCUT2D eigenvalue weighted by molar-refractivity contribution is 9.09. The molecule has 0 unspecified atom stereocenters. The van der Waals surface area contributed by atoms with E-state index in [0.29, 0.717) is 0 Å². The molecule has 0 rings (SSSR count). The van der Waals surface area contributed by atoms with Crippen molar-refractivity contribution < 1.29 is 4.84 Å². The van der Waals surface area contributed by atoms with Gasteiger partial charge in [-0.1, -0.05) is 21.1 Å². The third-order valence-electron chi connectivity index (χ3n) is 0.932. The summed E-state index contributed by atoms with van der Waals surface area (Å²) in [7, 11) is 0. The first-order valence-corrected chi connectivity index (χ1v) is 4.85. The van der Waals surface area contributed by atoms with Gasteiger partial charge in [0.05, 0.1) is 5.71 Å². The van der Waals surface area contributed by atoms with E-state index < -0.39 is 0 Å². The molecule has 0 bridgehead atoms. The van der Waals surface area contributed by atoms with Gasteiger partial charge in [0.15, 0.2) is 0 Å². The fourth-order valence-electron chi connectivity index (χ4n) is 0.397. The van der Waals surface area contributed by atoms with Gasteiger partial charge in [-0.2, -0.15) is 0 Å². The second-order valence-electron chi connectivity index (χ2n) is 3.47. The minimum absolute atomic E-state index is 0.173. The van der Waals surface area contributed by atoms with E-state index in [1.54, 1.807) is 0 Å². The van der Waals surface area contributed by atoms with Crippen molar-refractivity contribution in [1.29, 1.82) is 0 Å². The summed E-state index contributed by atoms with van der Waals surface area (Å²) in [4.78, 5) is 5.21. The normalized spacial score (nSPS) is 13.4. The summed E-state index contributed by atoms with van der Waals surface area (Å²) in [6.07, 6.45) is 0.941. The lowest BCUT2D eigenvalue weighted by Gasteiger charge is -2.15. The van der Waals surface area contributed by atoms with Crippen LogP contribution < -0.4 is 0 Å². The Hall–Kier alpha value is -0.0500. The number of alkyl halides is 1. The summed E-state index contributed by atoms with van der Waals surface area (Å²) in [5.74, 6) is 0. The second-order valence-corrected chi connectivity index (χ2v) is 4.26. The number of halogens is 1. The molecular formula is C8H16BrNO. The van der Waals surface area contributed by atoms with Crippen molar-refractivity contribution in [3.05, 3.63) is 0 Å². The number of hydrogen-bond acceptors (Lipinski definition) is 2. The van der Waals surface area contributed by atoms with E-state index in [1.165, 1.54) is 0 Å². The number of nitrogens with zero attached hydrogens (tertiary/aromatic N) is 1. The first kappa shape index (κ1) is 11.0. The van der Waals surface area contributed by atoms with Crippen molar-refractivity contribution in [2.45, 2.75) is 39.7 Å². The lowest BCUT2D eigenvalue weighted by molar-refractivity contribution is 0.000526. The van der Waals surface area contributed by atoms with E-state index in [9.17, 15) is 0 Å². The van der Waals surface area contributed by atoms with Crippen LogP contribution in [0.4, 0.5) is 0 Å². The molecule has 0 amide bonds. The zero-order valence-electron chi connectivity index (χ0n) is 7.65. The van der Waals surface area contributed by atoms with Crippen molar-refractivity contribution in [3.8, 4) is 0 Å². The molecule has 0 aromatic rings. The molecule has 2 nitrogen and oxygen atoms in total. The molecular weight excluding hydrogens is 206 g/mol. The van der Waals surface area contributed by atoms with Crippen LogP contribution in [-0.2, 0) is 4.84 Å². The van der Waals surface area contributed by atoms with Crippen molar-refractivity contribution in [2.24, 2.45) is 5.16 Å². The average Bonchev–Trinajstić information content (AvgIpc) is 1.83. The smallest absolute Gasteiger partial charge is 0.129 e. The second kappa shape index (κ2) is 4.75. The summed E-state index contributed by atoms with van der Waals surface area (Å²) >= 11 is 3.33. The van der Waals surface area contributed by atoms with E-state index in [0.717, 1.165) is 17.5 Å². The first-order valence-electron chi connectivity index (χ1n) is 3.73. The largest absolute Gasteiger partial charge is 0.390 e. The van der Waals surface area contributed by atoms with Crippen LogP contribution in [0.5, 0.6) is 0 Å². The summed E-state index contributed by atoms with van der Waals surface area (Å²) < 4.78 is 0. The van der Waals surface area contributed by atoms with Gasteiger partial charge in [-0.05, 0) is 34.1 Å². The van der Waals surface area contributed by atoms with Crippen molar-refractivity contribution in [2.75, 3.05) is 5.33 Å². The Labute approximate surface area is 77.1 Å². The van der Waals surface area contributed by atoms with E-state index in [4.69, 9.17) is 4.84 Å². The molecule has 0 aromatic carbocycles. The van der Waals surface area contributed by atoms with E-state index in [2.05, 4.69) is 21.1 Å². The maximum absolute atomic E-state index is 5.21. The molecule has 0 N–H and O–H groups in total. The van der Waals surface area contributed by atoms with Crippen LogP contribution >= 0.6 is 15.9 Å². The minimum Gasteiger partial charge on any atom is -0.390 e. The van der Waals surface area contributed by atoms with Crippen LogP contribution in [0.3, 0.4) is 0 Å². The maximum Gasteiger partial charge on any atom is 0.129 e. The molecule has 0 atom stereocenters. The van der Waals surface area contributed by atoms with Crippen molar-refractivity contribution in [1.82, 2.24) is 0 Å². The molecule has 11 heavy (non-hydrogen) atoms. The van der Waals surface area contributed by atoms with Gasteiger partial charge in [0.2, 0.25) is 0 Å². The highest BCUT2D eigenvalue weighted by atomic mass is 79.9. The van der Waals surface area contributed by atoms with Gasteiger partial charge in [-0.3, -0.25) is 0 Å². The van der Waals surface area contributed by atoms with Crippen LogP contribution in [0.1, 0.15) is 34.1 Å². The van der Waals surface area contributed by atoms with E-state index in [-0.39, 0.29) is 5.60 Å². The van der Waals surface area contributed by atoms with Gasteiger partial charge < -0.3 is 4.84 Å². The van der Waals surface area contributed by atoms with Gasteiger partial charge in [-0.25, -0.2) is 0 Å². The third-order valence-corrected chi connectivity index (χ3v) is 1.33. The third kappa shape index (κ3) is 7.85. The highest BCUT2D eigenvalue weighted by Gasteiger charge is 2.09. The Balaban J connectivity index is 3.73. The lowest BCUT2D eigenvalue weighted by atomic mass is 10.2. The lowest BCUT2D eigenvalue weighted by Crippen LogP contribution is -2.16. The maximum atomic E-state index is 5.21. The number of oxime groups is 1. The molecule has 66 valence electrons. The Morgan fingerprint density at radius 2 is 2.00 bits per heavy atom. The van der Waals surface area contributed by atoms with Crippen molar-refractivity contribution >= 4 is 21.6 Å². The Morgan fingerprint density at radius 3 is 2.36 bits per heavy atom. The molecule has 0 aromatic heterocycles. The fraction of sp³-hybridized carbons (Fsp3) is 0.875. The minimum atomic E-state index is -0.173. The average molecular weight is 222 g/mol. The van der Waals surface area contributed by atoms with Crippen LogP contribution in [0.25, 0.3) is 0 Å². The number of hydrogen-bond donors (Lipinski definition) is 0. The molecule has 0 radical (unpaired) electrons. The van der Waals surface area contributed by atoms with Crippen LogP contribution in [0.2, 0.25) is 0 Å². The van der Waals surface area contributed by atoms with Gasteiger partial charge in [0.1, 0.15) is 5.60 Å². The summed E-state index contributed by atoms with van der Waals surface area (Å²) in [6.45, 7) is 7.92. The predicted molar refractivity (Wildman–Crippen MR) is 52.4 cm³/mol. The SMILES string of the molecule is CC(CCBr)=NOC(C)(C)C. The Kier molecular flexibility index (Phi) is 4.73. The molecule has 0 saturated heterocycles. The quantitative estimate of drug-likeness (QED) is 0.408. The molecule has 0 aliphatic rings. The standard InChI is InChI=1S/C8H16BrNO/c1-7(5-6-9)10-11-8(2,3)4/h5-6H2,1-4H3. The Morgan fingerprint density at radius 1 is 1.45 bits per heavy atom. The van der Waals surface area contributed by atoms with Gasteiger partial charge in [0.25, 0.3) is 0 Å². The molecule has 0 spiro atoms. The summed E-state index contributed by atoms with van der Waals surface area (Å²) in [5, 5.41) is 4.91. The fourth-order valence-corrected chi connectivity index (χ4v) is 0.971. The highest BCUT2D eigenvalue weighted by Crippen LogP contribution is 2.07. The Bertz CT molecular complexity index is 138. The molecule has 0 aliphatic carbocycles. The van der Waals surface area contributed by atoms with E-state index in [1.807, 2.05) is 27.7 Å². The molecule has 0 saturated carbocycles. The zero-order valence-corrected chi connectivity index (χ0v) is 9.23. The molecule has 0 aliphatic heterocycles. The molecule has 0 fully saturated rings. The molecule has 3 heteroatoms.